The van der Waals surface area contributed by atoms with Crippen molar-refractivity contribution >= 4 is 17.6 Å². The fourth-order valence-electron chi connectivity index (χ4n) is 3.17. The fourth-order valence-corrected chi connectivity index (χ4v) is 3.17. The standard InChI is InChI=1S/C22H21F2N3O3/c1-13-17(11-12-20(28)30-3)14(2)27(26-13)16-9-7-15(8-10-16)22(29)25-19-6-4-5-18(23)21(19)24/h4-10H,11-12H2,1-3H3,(H,25,29). The van der Waals surface area contributed by atoms with Gasteiger partial charge in [-0.05, 0) is 62.2 Å². The molecule has 0 spiro atoms. The van der Waals surface area contributed by atoms with Crippen molar-refractivity contribution in [2.75, 3.05) is 12.4 Å². The van der Waals surface area contributed by atoms with Gasteiger partial charge in [-0.25, -0.2) is 13.5 Å². The molecule has 0 bridgehead atoms. The Morgan fingerprint density at radius 3 is 2.47 bits per heavy atom. The van der Waals surface area contributed by atoms with Gasteiger partial charge < -0.3 is 10.1 Å². The van der Waals surface area contributed by atoms with Gasteiger partial charge in [0.25, 0.3) is 5.91 Å². The highest BCUT2D eigenvalue weighted by Gasteiger charge is 2.16. The Balaban J connectivity index is 1.78. The summed E-state index contributed by atoms with van der Waals surface area (Å²) in [7, 11) is 1.35. The van der Waals surface area contributed by atoms with Crippen LogP contribution in [0.1, 0.15) is 33.7 Å². The molecule has 156 valence electrons. The van der Waals surface area contributed by atoms with Crippen molar-refractivity contribution in [2.45, 2.75) is 26.7 Å². The molecule has 1 N–H and O–H groups in total. The number of halogens is 2. The van der Waals surface area contributed by atoms with E-state index in [0.29, 0.717) is 6.42 Å². The molecule has 0 fully saturated rings. The molecular formula is C22H21F2N3O3. The zero-order valence-corrected chi connectivity index (χ0v) is 16.8. The molecule has 6 nitrogen and oxygen atoms in total. The van der Waals surface area contributed by atoms with Crippen molar-refractivity contribution < 1.29 is 23.1 Å². The molecule has 0 saturated heterocycles. The molecular weight excluding hydrogens is 392 g/mol. The first-order chi connectivity index (χ1) is 14.3. The summed E-state index contributed by atoms with van der Waals surface area (Å²) >= 11 is 0. The van der Waals surface area contributed by atoms with E-state index in [1.807, 2.05) is 13.8 Å². The second-order valence-electron chi connectivity index (χ2n) is 6.74. The first-order valence-electron chi connectivity index (χ1n) is 9.29. The average Bonchev–Trinajstić information content (AvgIpc) is 3.03. The number of hydrogen-bond acceptors (Lipinski definition) is 4. The summed E-state index contributed by atoms with van der Waals surface area (Å²) in [5, 5.41) is 6.88. The molecule has 1 heterocycles. The number of benzene rings is 2. The maximum atomic E-state index is 13.8. The number of nitrogens with one attached hydrogen (secondary N) is 1. The first kappa shape index (κ1) is 21.2. The van der Waals surface area contributed by atoms with Gasteiger partial charge in [0.1, 0.15) is 0 Å². The van der Waals surface area contributed by atoms with Gasteiger partial charge in [-0.1, -0.05) is 6.07 Å². The number of esters is 1. The molecule has 3 rings (SSSR count). The van der Waals surface area contributed by atoms with Crippen molar-refractivity contribution in [3.8, 4) is 5.69 Å². The number of methoxy groups -OCH3 is 1. The molecule has 2 aromatic carbocycles. The number of amides is 1. The van der Waals surface area contributed by atoms with Gasteiger partial charge in [-0.15, -0.1) is 0 Å². The third-order valence-electron chi connectivity index (χ3n) is 4.82. The lowest BCUT2D eigenvalue weighted by molar-refractivity contribution is -0.140. The average molecular weight is 413 g/mol. The monoisotopic (exact) mass is 413 g/mol. The van der Waals surface area contributed by atoms with Crippen LogP contribution in [0.5, 0.6) is 0 Å². The third kappa shape index (κ3) is 4.37. The van der Waals surface area contributed by atoms with Crippen LogP contribution in [0.2, 0.25) is 0 Å². The number of carbonyl (C=O) groups is 2. The zero-order chi connectivity index (χ0) is 21.8. The summed E-state index contributed by atoms with van der Waals surface area (Å²) in [5.41, 5.74) is 3.44. The van der Waals surface area contributed by atoms with Gasteiger partial charge in [-0.3, -0.25) is 9.59 Å². The number of nitrogens with zero attached hydrogens (tertiary/aromatic N) is 2. The Morgan fingerprint density at radius 2 is 1.80 bits per heavy atom. The van der Waals surface area contributed by atoms with Gasteiger partial charge in [0, 0.05) is 17.7 Å². The van der Waals surface area contributed by atoms with Crippen LogP contribution in [0, 0.1) is 25.5 Å². The number of hydrogen-bond donors (Lipinski definition) is 1. The predicted molar refractivity (Wildman–Crippen MR) is 108 cm³/mol. The summed E-state index contributed by atoms with van der Waals surface area (Å²) in [4.78, 5) is 23.8. The number of aromatic nitrogens is 2. The van der Waals surface area contributed by atoms with E-state index in [-0.39, 0.29) is 23.6 Å². The lowest BCUT2D eigenvalue weighted by Crippen LogP contribution is -2.13. The SMILES string of the molecule is COC(=O)CCc1c(C)nn(-c2ccc(C(=O)Nc3cccc(F)c3F)cc2)c1C. The quantitative estimate of drug-likeness (QED) is 0.617. The van der Waals surface area contributed by atoms with Crippen LogP contribution < -0.4 is 5.32 Å². The lowest BCUT2D eigenvalue weighted by Gasteiger charge is -2.09. The van der Waals surface area contributed by atoms with Crippen molar-refractivity contribution in [3.05, 3.63) is 76.6 Å². The highest BCUT2D eigenvalue weighted by Crippen LogP contribution is 2.21. The fraction of sp³-hybridized carbons (Fsp3) is 0.227. The van der Waals surface area contributed by atoms with Crippen LogP contribution >= 0.6 is 0 Å². The van der Waals surface area contributed by atoms with E-state index in [1.54, 1.807) is 28.9 Å². The molecule has 0 unspecified atom stereocenters. The van der Waals surface area contributed by atoms with Crippen LogP contribution in [-0.2, 0) is 16.0 Å². The van der Waals surface area contributed by atoms with E-state index in [1.165, 1.54) is 19.2 Å². The molecule has 0 radical (unpaired) electrons. The van der Waals surface area contributed by atoms with E-state index in [0.717, 1.165) is 28.7 Å². The number of rotatable bonds is 6. The minimum Gasteiger partial charge on any atom is -0.469 e. The minimum absolute atomic E-state index is 0.224. The molecule has 1 amide bonds. The largest absolute Gasteiger partial charge is 0.469 e. The number of aryl methyl sites for hydroxylation is 1. The normalized spacial score (nSPS) is 10.7. The second-order valence-corrected chi connectivity index (χ2v) is 6.74. The number of carbonyl (C=O) groups excluding carboxylic acids is 2. The van der Waals surface area contributed by atoms with Gasteiger partial charge in [0.2, 0.25) is 0 Å². The van der Waals surface area contributed by atoms with Gasteiger partial charge in [0.05, 0.1) is 24.2 Å². The molecule has 0 atom stereocenters. The highest BCUT2D eigenvalue weighted by molar-refractivity contribution is 6.04. The van der Waals surface area contributed by atoms with Crippen molar-refractivity contribution in [1.29, 1.82) is 0 Å². The zero-order valence-electron chi connectivity index (χ0n) is 16.8. The number of anilines is 1. The van der Waals surface area contributed by atoms with Crippen LogP contribution in [0.4, 0.5) is 14.5 Å². The molecule has 8 heteroatoms. The Morgan fingerprint density at radius 1 is 1.10 bits per heavy atom. The van der Waals surface area contributed by atoms with Gasteiger partial charge in [0.15, 0.2) is 11.6 Å². The summed E-state index contributed by atoms with van der Waals surface area (Å²) < 4.78 is 33.5. The summed E-state index contributed by atoms with van der Waals surface area (Å²) in [6.45, 7) is 3.77. The smallest absolute Gasteiger partial charge is 0.305 e. The Kier molecular flexibility index (Phi) is 6.25. The van der Waals surface area contributed by atoms with Gasteiger partial charge in [-0.2, -0.15) is 5.10 Å². The molecule has 3 aromatic rings. The predicted octanol–water partition coefficient (Wildman–Crippen LogP) is 4.13. The molecule has 0 saturated carbocycles. The molecule has 30 heavy (non-hydrogen) atoms. The van der Waals surface area contributed by atoms with Gasteiger partial charge >= 0.3 is 5.97 Å². The lowest BCUT2D eigenvalue weighted by atomic mass is 10.1. The van der Waals surface area contributed by atoms with E-state index >= 15 is 0 Å². The van der Waals surface area contributed by atoms with Crippen molar-refractivity contribution in [1.82, 2.24) is 9.78 Å². The second kappa shape index (κ2) is 8.86. The molecule has 0 aliphatic rings. The summed E-state index contributed by atoms with van der Waals surface area (Å²) in [6.07, 6.45) is 0.781. The van der Waals surface area contributed by atoms with E-state index < -0.39 is 17.5 Å². The minimum atomic E-state index is -1.11. The Bertz CT molecular complexity index is 1090. The number of ether oxygens (including phenoxy) is 1. The molecule has 0 aliphatic heterocycles. The van der Waals surface area contributed by atoms with E-state index in [4.69, 9.17) is 0 Å². The molecule has 1 aromatic heterocycles. The first-order valence-corrected chi connectivity index (χ1v) is 9.29. The Labute approximate surface area is 172 Å². The van der Waals surface area contributed by atoms with Crippen molar-refractivity contribution in [2.24, 2.45) is 0 Å². The topological polar surface area (TPSA) is 73.2 Å². The maximum absolute atomic E-state index is 13.8. The van der Waals surface area contributed by atoms with E-state index in [9.17, 15) is 18.4 Å². The highest BCUT2D eigenvalue weighted by atomic mass is 19.2. The third-order valence-corrected chi connectivity index (χ3v) is 4.82. The molecule has 0 aliphatic carbocycles. The summed E-state index contributed by atoms with van der Waals surface area (Å²) in [5.74, 6) is -2.98. The Hall–Kier alpha value is -3.55. The van der Waals surface area contributed by atoms with Crippen LogP contribution in [-0.4, -0.2) is 28.8 Å². The van der Waals surface area contributed by atoms with Crippen LogP contribution in [0.3, 0.4) is 0 Å². The van der Waals surface area contributed by atoms with Crippen LogP contribution in [0.15, 0.2) is 42.5 Å². The van der Waals surface area contributed by atoms with E-state index in [2.05, 4.69) is 15.2 Å². The van der Waals surface area contributed by atoms with Crippen LogP contribution in [0.25, 0.3) is 5.69 Å². The summed E-state index contributed by atoms with van der Waals surface area (Å²) in [6, 6.07) is 10.2. The van der Waals surface area contributed by atoms with Crippen molar-refractivity contribution in [3.63, 3.8) is 0 Å². The maximum Gasteiger partial charge on any atom is 0.305 e.